The molecule has 2 heterocycles. The molecule has 0 aliphatic carbocycles. The SMILES string of the molecule is FC1(F)CN(c2ncc(Br)s2)C1. The number of hydrogen-bond acceptors (Lipinski definition) is 3. The van der Waals surface area contributed by atoms with Gasteiger partial charge < -0.3 is 4.90 Å². The van der Waals surface area contributed by atoms with Gasteiger partial charge in [0.2, 0.25) is 0 Å². The van der Waals surface area contributed by atoms with Gasteiger partial charge in [-0.1, -0.05) is 11.3 Å². The number of anilines is 1. The molecule has 1 aliphatic heterocycles. The Morgan fingerprint density at radius 2 is 2.25 bits per heavy atom. The summed E-state index contributed by atoms with van der Waals surface area (Å²) in [5.41, 5.74) is 0. The molecule has 2 rings (SSSR count). The molecule has 1 fully saturated rings. The van der Waals surface area contributed by atoms with Gasteiger partial charge in [-0.2, -0.15) is 0 Å². The zero-order chi connectivity index (χ0) is 8.77. The molecule has 1 aliphatic rings. The van der Waals surface area contributed by atoms with Crippen molar-refractivity contribution >= 4 is 32.4 Å². The summed E-state index contributed by atoms with van der Waals surface area (Å²) in [5, 5.41) is 0.660. The van der Waals surface area contributed by atoms with Gasteiger partial charge in [-0.05, 0) is 15.9 Å². The maximum Gasteiger partial charge on any atom is 0.282 e. The van der Waals surface area contributed by atoms with Crippen molar-refractivity contribution in [3.8, 4) is 0 Å². The highest BCUT2D eigenvalue weighted by Gasteiger charge is 2.44. The molecule has 0 atom stereocenters. The zero-order valence-electron chi connectivity index (χ0n) is 5.93. The highest BCUT2D eigenvalue weighted by Crippen LogP contribution is 2.35. The minimum Gasteiger partial charge on any atom is -0.336 e. The molecule has 0 unspecified atom stereocenters. The first-order valence-corrected chi connectivity index (χ1v) is 4.92. The summed E-state index contributed by atoms with van der Waals surface area (Å²) in [6.07, 6.45) is 1.62. The van der Waals surface area contributed by atoms with Gasteiger partial charge in [0.25, 0.3) is 5.92 Å². The predicted octanol–water partition coefficient (Wildman–Crippen LogP) is 2.36. The summed E-state index contributed by atoms with van der Waals surface area (Å²) < 4.78 is 25.7. The number of aromatic nitrogens is 1. The molecular weight excluding hydrogens is 250 g/mol. The van der Waals surface area contributed by atoms with Crippen LogP contribution in [0.25, 0.3) is 0 Å². The lowest BCUT2D eigenvalue weighted by Gasteiger charge is -2.38. The summed E-state index contributed by atoms with van der Waals surface area (Å²) in [6, 6.07) is 0. The third kappa shape index (κ3) is 1.45. The van der Waals surface area contributed by atoms with Crippen LogP contribution in [-0.4, -0.2) is 24.0 Å². The van der Waals surface area contributed by atoms with Crippen LogP contribution in [0.15, 0.2) is 9.98 Å². The van der Waals surface area contributed by atoms with Gasteiger partial charge in [-0.3, -0.25) is 0 Å². The highest BCUT2D eigenvalue weighted by atomic mass is 79.9. The van der Waals surface area contributed by atoms with Crippen LogP contribution >= 0.6 is 27.3 Å². The maximum absolute atomic E-state index is 12.4. The Labute approximate surface area is 80.3 Å². The van der Waals surface area contributed by atoms with Gasteiger partial charge >= 0.3 is 0 Å². The van der Waals surface area contributed by atoms with E-state index in [1.807, 2.05) is 0 Å². The second-order valence-corrected chi connectivity index (χ2v) is 5.05. The molecule has 6 heteroatoms. The van der Waals surface area contributed by atoms with Gasteiger partial charge in [0, 0.05) is 0 Å². The first-order valence-electron chi connectivity index (χ1n) is 3.31. The fraction of sp³-hybridized carbons (Fsp3) is 0.500. The molecule has 0 saturated carbocycles. The Bertz CT molecular complexity index is 293. The van der Waals surface area contributed by atoms with E-state index in [1.54, 1.807) is 11.1 Å². The molecule has 0 spiro atoms. The Hall–Kier alpha value is -0.230. The topological polar surface area (TPSA) is 16.1 Å². The monoisotopic (exact) mass is 254 g/mol. The molecule has 12 heavy (non-hydrogen) atoms. The van der Waals surface area contributed by atoms with E-state index in [-0.39, 0.29) is 13.1 Å². The van der Waals surface area contributed by atoms with Crippen LogP contribution in [0.1, 0.15) is 0 Å². The van der Waals surface area contributed by atoms with Gasteiger partial charge in [0.1, 0.15) is 0 Å². The van der Waals surface area contributed by atoms with Crippen molar-refractivity contribution < 1.29 is 8.78 Å². The molecule has 1 aromatic heterocycles. The molecule has 0 aromatic carbocycles. The Morgan fingerprint density at radius 1 is 1.58 bits per heavy atom. The quantitative estimate of drug-likeness (QED) is 0.765. The van der Waals surface area contributed by atoms with Crippen LogP contribution in [0.3, 0.4) is 0 Å². The lowest BCUT2D eigenvalue weighted by atomic mass is 10.2. The molecular formula is C6H5BrF2N2S. The summed E-state index contributed by atoms with van der Waals surface area (Å²) in [6.45, 7) is -0.403. The molecule has 0 amide bonds. The smallest absolute Gasteiger partial charge is 0.282 e. The van der Waals surface area contributed by atoms with Crippen molar-refractivity contribution in [2.24, 2.45) is 0 Å². The second-order valence-electron chi connectivity index (χ2n) is 2.66. The molecule has 0 N–H and O–H groups in total. The Kier molecular flexibility index (Phi) is 1.84. The Balaban J connectivity index is 2.06. The lowest BCUT2D eigenvalue weighted by molar-refractivity contribution is -0.0262. The molecule has 0 bridgehead atoms. The number of thiazole rings is 1. The van der Waals surface area contributed by atoms with Gasteiger partial charge in [-0.25, -0.2) is 13.8 Å². The predicted molar refractivity (Wildman–Crippen MR) is 47.0 cm³/mol. The number of rotatable bonds is 1. The van der Waals surface area contributed by atoms with E-state index < -0.39 is 5.92 Å². The number of hydrogen-bond donors (Lipinski definition) is 0. The van der Waals surface area contributed by atoms with Crippen molar-refractivity contribution in [3.63, 3.8) is 0 Å². The summed E-state index contributed by atoms with van der Waals surface area (Å²) in [4.78, 5) is 5.53. The standard InChI is InChI=1S/C6H5BrF2N2S/c7-4-1-10-5(12-4)11-2-6(8,9)3-11/h1H,2-3H2. The van der Waals surface area contributed by atoms with Crippen molar-refractivity contribution in [2.45, 2.75) is 5.92 Å². The average molecular weight is 255 g/mol. The van der Waals surface area contributed by atoms with Crippen LogP contribution in [0.5, 0.6) is 0 Å². The number of alkyl halides is 2. The van der Waals surface area contributed by atoms with Crippen LogP contribution in [0.2, 0.25) is 0 Å². The lowest BCUT2D eigenvalue weighted by Crippen LogP contribution is -2.56. The average Bonchev–Trinajstić information content (AvgIpc) is 2.30. The first kappa shape index (κ1) is 8.37. The minimum atomic E-state index is -2.52. The van der Waals surface area contributed by atoms with E-state index in [4.69, 9.17) is 0 Å². The summed E-state index contributed by atoms with van der Waals surface area (Å²) >= 11 is 4.59. The normalized spacial score (nSPS) is 20.8. The van der Waals surface area contributed by atoms with Gasteiger partial charge in [0.15, 0.2) is 5.13 Å². The van der Waals surface area contributed by atoms with E-state index in [2.05, 4.69) is 20.9 Å². The van der Waals surface area contributed by atoms with Crippen molar-refractivity contribution in [1.29, 1.82) is 0 Å². The number of nitrogens with zero attached hydrogens (tertiary/aromatic N) is 2. The summed E-state index contributed by atoms with van der Waals surface area (Å²) in [7, 11) is 0. The largest absolute Gasteiger partial charge is 0.336 e. The maximum atomic E-state index is 12.4. The third-order valence-electron chi connectivity index (χ3n) is 1.58. The van der Waals surface area contributed by atoms with Gasteiger partial charge in [-0.15, -0.1) is 0 Å². The Morgan fingerprint density at radius 3 is 2.67 bits per heavy atom. The summed E-state index contributed by atoms with van der Waals surface area (Å²) in [5.74, 6) is -2.52. The highest BCUT2D eigenvalue weighted by molar-refractivity contribution is 9.11. The van der Waals surface area contributed by atoms with E-state index in [0.29, 0.717) is 5.13 Å². The van der Waals surface area contributed by atoms with E-state index in [0.717, 1.165) is 3.79 Å². The molecule has 1 aromatic rings. The second kappa shape index (κ2) is 2.63. The van der Waals surface area contributed by atoms with E-state index in [1.165, 1.54) is 11.3 Å². The fourth-order valence-electron chi connectivity index (χ4n) is 1.04. The molecule has 66 valence electrons. The number of halogens is 3. The first-order chi connectivity index (χ1) is 5.57. The minimum absolute atomic E-state index is 0.201. The fourth-order valence-corrected chi connectivity index (χ4v) is 2.22. The van der Waals surface area contributed by atoms with E-state index >= 15 is 0 Å². The van der Waals surface area contributed by atoms with Crippen LogP contribution in [0.4, 0.5) is 13.9 Å². The van der Waals surface area contributed by atoms with E-state index in [9.17, 15) is 8.78 Å². The van der Waals surface area contributed by atoms with Crippen molar-refractivity contribution in [1.82, 2.24) is 4.98 Å². The van der Waals surface area contributed by atoms with Crippen molar-refractivity contribution in [2.75, 3.05) is 18.0 Å². The van der Waals surface area contributed by atoms with Crippen molar-refractivity contribution in [3.05, 3.63) is 9.98 Å². The molecule has 0 radical (unpaired) electrons. The zero-order valence-corrected chi connectivity index (χ0v) is 8.33. The van der Waals surface area contributed by atoms with Crippen LogP contribution in [-0.2, 0) is 0 Å². The molecule has 1 saturated heterocycles. The third-order valence-corrected chi connectivity index (χ3v) is 3.12. The van der Waals surface area contributed by atoms with Gasteiger partial charge in [0.05, 0.1) is 23.1 Å². The van der Waals surface area contributed by atoms with Crippen LogP contribution < -0.4 is 4.90 Å². The van der Waals surface area contributed by atoms with Crippen LogP contribution in [0, 0.1) is 0 Å². The molecule has 2 nitrogen and oxygen atoms in total.